The number of benzene rings is 3. The second-order valence-electron chi connectivity index (χ2n) is 9.06. The number of nitrogens with one attached hydrogen (secondary N) is 1. The van der Waals surface area contributed by atoms with Gasteiger partial charge in [0.2, 0.25) is 5.90 Å². The quantitative estimate of drug-likeness (QED) is 0.329. The lowest BCUT2D eigenvalue weighted by atomic mass is 9.95. The second kappa shape index (κ2) is 13.4. The molecule has 2 N–H and O–H groups in total. The van der Waals surface area contributed by atoms with Crippen molar-refractivity contribution in [3.8, 4) is 11.5 Å². The highest BCUT2D eigenvalue weighted by molar-refractivity contribution is 6.00. The van der Waals surface area contributed by atoms with E-state index >= 15 is 0 Å². The fourth-order valence-electron chi connectivity index (χ4n) is 4.09. The Morgan fingerprint density at radius 1 is 1.05 bits per heavy atom. The maximum Gasteiger partial charge on any atom is 0.251 e. The highest BCUT2D eigenvalue weighted by Crippen LogP contribution is 2.28. The van der Waals surface area contributed by atoms with Gasteiger partial charge in [0.05, 0.1) is 13.7 Å². The molecule has 7 heteroatoms. The van der Waals surface area contributed by atoms with Crippen molar-refractivity contribution in [3.05, 3.63) is 102 Å². The summed E-state index contributed by atoms with van der Waals surface area (Å²) in [7, 11) is 1.64. The summed E-state index contributed by atoms with van der Waals surface area (Å²) < 4.78 is 16.8. The maximum absolute atomic E-state index is 13.5. The number of aliphatic imine (C=N–C) groups is 1. The molecule has 1 aliphatic heterocycles. The van der Waals surface area contributed by atoms with Gasteiger partial charge in [-0.2, -0.15) is 0 Å². The third kappa shape index (κ3) is 7.23. The first kappa shape index (κ1) is 26.9. The molecular weight excluding hydrogens is 480 g/mol. The number of hydrogen-bond donors (Lipinski definition) is 2. The van der Waals surface area contributed by atoms with Crippen LogP contribution in [0.4, 0.5) is 0 Å². The van der Waals surface area contributed by atoms with E-state index in [4.69, 9.17) is 24.3 Å². The fourth-order valence-corrected chi connectivity index (χ4v) is 4.09. The van der Waals surface area contributed by atoms with Crippen molar-refractivity contribution in [2.24, 2.45) is 4.99 Å². The number of carbonyl (C=O) groups excluding carboxylic acids is 1. The van der Waals surface area contributed by atoms with Crippen LogP contribution in [-0.4, -0.2) is 55.9 Å². The van der Waals surface area contributed by atoms with Crippen molar-refractivity contribution >= 4 is 17.9 Å². The van der Waals surface area contributed by atoms with Gasteiger partial charge in [-0.1, -0.05) is 54.6 Å². The smallest absolute Gasteiger partial charge is 0.251 e. The van der Waals surface area contributed by atoms with Gasteiger partial charge in [-0.15, -0.1) is 0 Å². The topological polar surface area (TPSA) is 89.4 Å². The van der Waals surface area contributed by atoms with E-state index < -0.39 is 5.54 Å². The summed E-state index contributed by atoms with van der Waals surface area (Å²) in [6.07, 6.45) is 5.65. The number of amides is 1. The first-order chi connectivity index (χ1) is 18.6. The number of rotatable bonds is 13. The minimum Gasteiger partial charge on any atom is -0.497 e. The molecule has 1 aliphatic rings. The van der Waals surface area contributed by atoms with Gasteiger partial charge in [-0.25, -0.2) is 4.99 Å². The molecule has 0 radical (unpaired) electrons. The minimum absolute atomic E-state index is 0.0890. The Morgan fingerprint density at radius 2 is 1.79 bits per heavy atom. The Hall–Kier alpha value is -4.10. The average Bonchev–Trinajstić information content (AvgIpc) is 3.40. The van der Waals surface area contributed by atoms with E-state index in [-0.39, 0.29) is 19.1 Å². The highest BCUT2D eigenvalue weighted by Gasteiger charge is 2.43. The van der Waals surface area contributed by atoms with E-state index in [0.717, 1.165) is 22.4 Å². The molecule has 0 spiro atoms. The van der Waals surface area contributed by atoms with Crippen LogP contribution in [0.3, 0.4) is 0 Å². The molecule has 0 saturated carbocycles. The van der Waals surface area contributed by atoms with Crippen LogP contribution >= 0.6 is 0 Å². The van der Waals surface area contributed by atoms with E-state index in [9.17, 15) is 4.79 Å². The number of ether oxygens (including phenoxy) is 3. The number of aliphatic hydroxyl groups is 1. The Balaban J connectivity index is 1.46. The van der Waals surface area contributed by atoms with E-state index in [1.54, 1.807) is 7.11 Å². The Bertz CT molecular complexity index is 1220. The molecule has 0 saturated heterocycles. The predicted octanol–water partition coefficient (Wildman–Crippen LogP) is 4.43. The Labute approximate surface area is 223 Å². The number of hydrogen-bond acceptors (Lipinski definition) is 6. The van der Waals surface area contributed by atoms with E-state index in [1.165, 1.54) is 0 Å². The van der Waals surface area contributed by atoms with Crippen LogP contribution < -0.4 is 14.8 Å². The summed E-state index contributed by atoms with van der Waals surface area (Å²) in [6.45, 7) is 1.18. The van der Waals surface area contributed by atoms with Gasteiger partial charge in [0, 0.05) is 31.6 Å². The first-order valence-electron chi connectivity index (χ1n) is 12.8. The van der Waals surface area contributed by atoms with Gasteiger partial charge >= 0.3 is 0 Å². The van der Waals surface area contributed by atoms with Gasteiger partial charge in [-0.3, -0.25) is 4.79 Å². The molecular formula is C31H34N2O5. The molecule has 3 aromatic carbocycles. The van der Waals surface area contributed by atoms with Crippen LogP contribution in [0.5, 0.6) is 11.5 Å². The van der Waals surface area contributed by atoms with Crippen LogP contribution in [0.2, 0.25) is 0 Å². The molecule has 0 aliphatic carbocycles. The Kier molecular flexibility index (Phi) is 9.54. The molecule has 0 unspecified atom stereocenters. The molecule has 1 atom stereocenters. The third-order valence-corrected chi connectivity index (χ3v) is 6.28. The molecule has 7 nitrogen and oxygen atoms in total. The average molecular weight is 515 g/mol. The summed E-state index contributed by atoms with van der Waals surface area (Å²) in [5, 5.41) is 12.0. The fraction of sp³-hybridized carbons (Fsp3) is 0.290. The van der Waals surface area contributed by atoms with Crippen molar-refractivity contribution in [3.63, 3.8) is 0 Å². The lowest BCUT2D eigenvalue weighted by Crippen LogP contribution is -2.47. The summed E-state index contributed by atoms with van der Waals surface area (Å²) in [4.78, 5) is 18.3. The van der Waals surface area contributed by atoms with Gasteiger partial charge < -0.3 is 24.6 Å². The number of methoxy groups -OCH3 is 1. The van der Waals surface area contributed by atoms with Crippen molar-refractivity contribution in [2.75, 3.05) is 33.5 Å². The summed E-state index contributed by atoms with van der Waals surface area (Å²) in [5.41, 5.74) is 1.88. The van der Waals surface area contributed by atoms with E-state index in [2.05, 4.69) is 5.32 Å². The van der Waals surface area contributed by atoms with Crippen LogP contribution in [0.1, 0.15) is 29.5 Å². The zero-order chi connectivity index (χ0) is 26.6. The largest absolute Gasteiger partial charge is 0.497 e. The molecule has 1 amide bonds. The zero-order valence-electron chi connectivity index (χ0n) is 21.6. The number of carbonyl (C=O) groups is 1. The summed E-state index contributed by atoms with van der Waals surface area (Å²) in [6, 6.07) is 25.2. The van der Waals surface area contributed by atoms with Gasteiger partial charge in [0.15, 0.2) is 5.54 Å². The molecule has 0 bridgehead atoms. The second-order valence-corrected chi connectivity index (χ2v) is 9.06. The van der Waals surface area contributed by atoms with Gasteiger partial charge in [0.1, 0.15) is 18.1 Å². The summed E-state index contributed by atoms with van der Waals surface area (Å²) >= 11 is 0. The van der Waals surface area contributed by atoms with Gasteiger partial charge in [0.25, 0.3) is 5.91 Å². The maximum atomic E-state index is 13.5. The van der Waals surface area contributed by atoms with E-state index in [0.29, 0.717) is 44.1 Å². The van der Waals surface area contributed by atoms with Crippen molar-refractivity contribution in [2.45, 2.75) is 24.8 Å². The molecule has 0 fully saturated rings. The number of nitrogens with zero attached hydrogens (tertiary/aromatic N) is 1. The zero-order valence-corrected chi connectivity index (χ0v) is 21.6. The highest BCUT2D eigenvalue weighted by atomic mass is 16.5. The minimum atomic E-state index is -1.06. The van der Waals surface area contributed by atoms with Crippen LogP contribution in [0, 0.1) is 0 Å². The summed E-state index contributed by atoms with van der Waals surface area (Å²) in [5.74, 6) is 1.78. The molecule has 38 heavy (non-hydrogen) atoms. The van der Waals surface area contributed by atoms with E-state index in [1.807, 2.05) is 91.0 Å². The monoisotopic (exact) mass is 514 g/mol. The Morgan fingerprint density at radius 3 is 2.50 bits per heavy atom. The first-order valence-corrected chi connectivity index (χ1v) is 12.8. The van der Waals surface area contributed by atoms with Crippen molar-refractivity contribution < 1.29 is 24.1 Å². The van der Waals surface area contributed by atoms with Crippen molar-refractivity contribution in [1.82, 2.24) is 5.32 Å². The SMILES string of the molecule is COc1ccc(CCNC(=O)[C@@]2(C/C=C/c3ccccc3)COC(c3ccc(OCCCO)cc3)=N2)cc1. The standard InChI is InChI=1S/C31H34N2O5/c1-36-27-14-10-25(11-15-27)18-20-32-30(35)31(19-5-9-24-7-3-2-4-8-24)23-38-29(33-31)26-12-16-28(17-13-26)37-22-6-21-34/h2-5,7-17,34H,6,18-23H2,1H3,(H,32,35)/b9-5+/t31-/m1/s1. The lowest BCUT2D eigenvalue weighted by molar-refractivity contribution is -0.126. The van der Waals surface area contributed by atoms with Crippen LogP contribution in [0.15, 0.2) is 89.9 Å². The molecule has 1 heterocycles. The third-order valence-electron chi connectivity index (χ3n) is 6.28. The van der Waals surface area contributed by atoms with Crippen molar-refractivity contribution in [1.29, 1.82) is 0 Å². The number of aliphatic hydroxyl groups excluding tert-OH is 1. The molecule has 0 aromatic heterocycles. The predicted molar refractivity (Wildman–Crippen MR) is 149 cm³/mol. The normalized spacial score (nSPS) is 16.6. The molecule has 198 valence electrons. The molecule has 3 aromatic rings. The lowest BCUT2D eigenvalue weighted by Gasteiger charge is -2.21. The van der Waals surface area contributed by atoms with Crippen LogP contribution in [-0.2, 0) is 16.0 Å². The van der Waals surface area contributed by atoms with Crippen LogP contribution in [0.25, 0.3) is 6.08 Å². The molecule has 4 rings (SSSR count). The van der Waals surface area contributed by atoms with Gasteiger partial charge in [-0.05, 0) is 53.9 Å².